The molecule has 1 unspecified atom stereocenters. The SMILES string of the molecule is COC(=O)C(COc1cccc(O)c1)Cc1ccccc1. The zero-order valence-electron chi connectivity index (χ0n) is 11.9. The molecule has 0 fully saturated rings. The average molecular weight is 286 g/mol. The van der Waals surface area contributed by atoms with Crippen LogP contribution in [-0.2, 0) is 16.0 Å². The summed E-state index contributed by atoms with van der Waals surface area (Å²) in [5, 5.41) is 9.40. The Hall–Kier alpha value is -2.49. The van der Waals surface area contributed by atoms with E-state index in [4.69, 9.17) is 9.47 Å². The lowest BCUT2D eigenvalue weighted by Gasteiger charge is -2.16. The zero-order valence-corrected chi connectivity index (χ0v) is 11.9. The molecule has 0 bridgehead atoms. The van der Waals surface area contributed by atoms with Crippen LogP contribution in [0, 0.1) is 5.92 Å². The predicted octanol–water partition coefficient (Wildman–Crippen LogP) is 2.80. The number of ether oxygens (including phenoxy) is 2. The van der Waals surface area contributed by atoms with Crippen LogP contribution in [0.2, 0.25) is 0 Å². The fourth-order valence-corrected chi connectivity index (χ4v) is 2.05. The van der Waals surface area contributed by atoms with Crippen molar-refractivity contribution >= 4 is 5.97 Å². The molecule has 0 saturated heterocycles. The second kappa shape index (κ2) is 7.33. The molecule has 0 aliphatic heterocycles. The van der Waals surface area contributed by atoms with E-state index in [1.807, 2.05) is 30.3 Å². The summed E-state index contributed by atoms with van der Waals surface area (Å²) in [7, 11) is 1.37. The van der Waals surface area contributed by atoms with E-state index in [-0.39, 0.29) is 24.2 Å². The van der Waals surface area contributed by atoms with Crippen LogP contribution in [0.4, 0.5) is 0 Å². The first-order chi connectivity index (χ1) is 10.2. The number of benzene rings is 2. The van der Waals surface area contributed by atoms with Crippen molar-refractivity contribution in [3.05, 3.63) is 60.2 Å². The second-order valence-electron chi connectivity index (χ2n) is 4.72. The minimum Gasteiger partial charge on any atom is -0.508 e. The molecule has 0 aromatic heterocycles. The summed E-state index contributed by atoms with van der Waals surface area (Å²) in [4.78, 5) is 11.9. The lowest BCUT2D eigenvalue weighted by atomic mass is 10.0. The molecule has 2 aromatic carbocycles. The lowest BCUT2D eigenvalue weighted by Crippen LogP contribution is -2.25. The molecule has 2 rings (SSSR count). The van der Waals surface area contributed by atoms with E-state index >= 15 is 0 Å². The van der Waals surface area contributed by atoms with E-state index in [2.05, 4.69) is 0 Å². The highest BCUT2D eigenvalue weighted by atomic mass is 16.5. The molecule has 0 heterocycles. The number of aromatic hydroxyl groups is 1. The van der Waals surface area contributed by atoms with Gasteiger partial charge in [-0.1, -0.05) is 36.4 Å². The van der Waals surface area contributed by atoms with Gasteiger partial charge in [0.1, 0.15) is 18.1 Å². The number of phenolic OH excluding ortho intramolecular Hbond substituents is 1. The lowest BCUT2D eigenvalue weighted by molar-refractivity contribution is -0.146. The average Bonchev–Trinajstić information content (AvgIpc) is 2.51. The summed E-state index contributed by atoms with van der Waals surface area (Å²) in [6.45, 7) is 0.199. The first-order valence-electron chi connectivity index (χ1n) is 6.72. The van der Waals surface area contributed by atoms with Gasteiger partial charge >= 0.3 is 5.97 Å². The molecule has 4 nitrogen and oxygen atoms in total. The van der Waals surface area contributed by atoms with Crippen molar-refractivity contribution in [2.45, 2.75) is 6.42 Å². The summed E-state index contributed by atoms with van der Waals surface area (Å²) in [6.07, 6.45) is 0.548. The minimum absolute atomic E-state index is 0.130. The molecule has 4 heteroatoms. The highest BCUT2D eigenvalue weighted by Gasteiger charge is 2.20. The number of esters is 1. The summed E-state index contributed by atoms with van der Waals surface area (Å²) < 4.78 is 10.4. The molecule has 21 heavy (non-hydrogen) atoms. The Bertz CT molecular complexity index is 580. The molecule has 0 aliphatic rings. The van der Waals surface area contributed by atoms with Gasteiger partial charge < -0.3 is 14.6 Å². The number of rotatable bonds is 6. The Morgan fingerprint density at radius 3 is 2.57 bits per heavy atom. The summed E-state index contributed by atoms with van der Waals surface area (Å²) in [5.74, 6) is -0.0408. The van der Waals surface area contributed by atoms with Crippen LogP contribution in [0.5, 0.6) is 11.5 Å². The van der Waals surface area contributed by atoms with Crippen molar-refractivity contribution in [1.82, 2.24) is 0 Å². The standard InChI is InChI=1S/C17H18O4/c1-20-17(19)14(10-13-6-3-2-4-7-13)12-21-16-9-5-8-15(18)11-16/h2-9,11,14,18H,10,12H2,1H3. The van der Waals surface area contributed by atoms with Gasteiger partial charge in [0.05, 0.1) is 13.0 Å². The highest BCUT2D eigenvalue weighted by Crippen LogP contribution is 2.19. The van der Waals surface area contributed by atoms with Gasteiger partial charge in [0.2, 0.25) is 0 Å². The third-order valence-corrected chi connectivity index (χ3v) is 3.13. The van der Waals surface area contributed by atoms with Crippen molar-refractivity contribution in [3.8, 4) is 11.5 Å². The predicted molar refractivity (Wildman–Crippen MR) is 79.3 cm³/mol. The van der Waals surface area contributed by atoms with Crippen LogP contribution in [0.15, 0.2) is 54.6 Å². The van der Waals surface area contributed by atoms with Crippen LogP contribution < -0.4 is 4.74 Å². The summed E-state index contributed by atoms with van der Waals surface area (Å²) in [5.41, 5.74) is 1.05. The Balaban J connectivity index is 2.01. The number of carbonyl (C=O) groups is 1. The molecular formula is C17H18O4. The fourth-order valence-electron chi connectivity index (χ4n) is 2.05. The number of hydrogen-bond donors (Lipinski definition) is 1. The van der Waals surface area contributed by atoms with Crippen molar-refractivity contribution in [2.24, 2.45) is 5.92 Å². The van der Waals surface area contributed by atoms with Crippen molar-refractivity contribution in [1.29, 1.82) is 0 Å². The third kappa shape index (κ3) is 4.53. The molecule has 0 spiro atoms. The quantitative estimate of drug-likeness (QED) is 0.830. The first kappa shape index (κ1) is 14.9. The van der Waals surface area contributed by atoms with Gasteiger partial charge in [0.15, 0.2) is 0 Å². The van der Waals surface area contributed by atoms with Gasteiger partial charge in [-0.25, -0.2) is 0 Å². The smallest absolute Gasteiger partial charge is 0.312 e. The third-order valence-electron chi connectivity index (χ3n) is 3.13. The number of phenols is 1. The van der Waals surface area contributed by atoms with Crippen LogP contribution in [0.25, 0.3) is 0 Å². The molecule has 2 aromatic rings. The van der Waals surface area contributed by atoms with Crippen molar-refractivity contribution < 1.29 is 19.4 Å². The Kier molecular flexibility index (Phi) is 5.21. The van der Waals surface area contributed by atoms with E-state index in [1.165, 1.54) is 13.2 Å². The summed E-state index contributed by atoms with van der Waals surface area (Å²) >= 11 is 0. The maximum atomic E-state index is 11.9. The van der Waals surface area contributed by atoms with Gasteiger partial charge in [-0.3, -0.25) is 4.79 Å². The molecule has 0 aliphatic carbocycles. The minimum atomic E-state index is -0.389. The zero-order chi connectivity index (χ0) is 15.1. The molecule has 0 amide bonds. The van der Waals surface area contributed by atoms with Gasteiger partial charge in [0, 0.05) is 6.07 Å². The molecule has 0 radical (unpaired) electrons. The van der Waals surface area contributed by atoms with E-state index in [1.54, 1.807) is 18.2 Å². The second-order valence-corrected chi connectivity index (χ2v) is 4.72. The first-order valence-corrected chi connectivity index (χ1v) is 6.72. The Labute approximate surface area is 123 Å². The normalized spacial score (nSPS) is 11.7. The van der Waals surface area contributed by atoms with E-state index < -0.39 is 0 Å². The molecule has 110 valence electrons. The fraction of sp³-hybridized carbons (Fsp3) is 0.235. The maximum absolute atomic E-state index is 11.9. The topological polar surface area (TPSA) is 55.8 Å². The Morgan fingerprint density at radius 2 is 1.90 bits per heavy atom. The summed E-state index contributed by atoms with van der Waals surface area (Å²) in [6, 6.07) is 16.2. The van der Waals surface area contributed by atoms with E-state index in [0.29, 0.717) is 12.2 Å². The van der Waals surface area contributed by atoms with Crippen LogP contribution in [-0.4, -0.2) is 24.8 Å². The van der Waals surface area contributed by atoms with E-state index in [0.717, 1.165) is 5.56 Å². The van der Waals surface area contributed by atoms with Crippen molar-refractivity contribution in [2.75, 3.05) is 13.7 Å². The molecule has 0 saturated carbocycles. The molecule has 1 N–H and O–H groups in total. The highest BCUT2D eigenvalue weighted by molar-refractivity contribution is 5.72. The maximum Gasteiger partial charge on any atom is 0.312 e. The Morgan fingerprint density at radius 1 is 1.14 bits per heavy atom. The van der Waals surface area contributed by atoms with Gasteiger partial charge in [-0.15, -0.1) is 0 Å². The van der Waals surface area contributed by atoms with E-state index in [9.17, 15) is 9.90 Å². The van der Waals surface area contributed by atoms with Crippen LogP contribution in [0.3, 0.4) is 0 Å². The van der Waals surface area contributed by atoms with Crippen LogP contribution in [0.1, 0.15) is 5.56 Å². The van der Waals surface area contributed by atoms with Gasteiger partial charge in [-0.05, 0) is 24.1 Å². The molecular weight excluding hydrogens is 268 g/mol. The largest absolute Gasteiger partial charge is 0.508 e. The van der Waals surface area contributed by atoms with Gasteiger partial charge in [0.25, 0.3) is 0 Å². The van der Waals surface area contributed by atoms with Crippen molar-refractivity contribution in [3.63, 3.8) is 0 Å². The number of carbonyl (C=O) groups excluding carboxylic acids is 1. The monoisotopic (exact) mass is 286 g/mol. The number of methoxy groups -OCH3 is 1. The molecule has 1 atom stereocenters. The van der Waals surface area contributed by atoms with Crippen LogP contribution >= 0.6 is 0 Å². The number of hydrogen-bond acceptors (Lipinski definition) is 4. The van der Waals surface area contributed by atoms with Gasteiger partial charge in [-0.2, -0.15) is 0 Å².